The van der Waals surface area contributed by atoms with Crippen molar-refractivity contribution in [3.05, 3.63) is 52.3 Å². The molecule has 3 N–H and O–H groups in total. The van der Waals surface area contributed by atoms with Crippen molar-refractivity contribution in [3.63, 3.8) is 0 Å². The molecular formula is C20H19ClF7NO3. The lowest BCUT2D eigenvalue weighted by Crippen LogP contribution is -2.20. The van der Waals surface area contributed by atoms with Crippen LogP contribution in [0.3, 0.4) is 0 Å². The van der Waals surface area contributed by atoms with Crippen LogP contribution in [0.15, 0.2) is 24.3 Å². The van der Waals surface area contributed by atoms with Crippen molar-refractivity contribution in [1.82, 2.24) is 0 Å². The predicted molar refractivity (Wildman–Crippen MR) is 104 cm³/mol. The van der Waals surface area contributed by atoms with Crippen molar-refractivity contribution in [2.24, 2.45) is 5.73 Å². The molecule has 0 aliphatic rings. The van der Waals surface area contributed by atoms with Crippen LogP contribution in [0.2, 0.25) is 0 Å². The Bertz CT molecular complexity index is 967. The fourth-order valence-electron chi connectivity index (χ4n) is 3.08. The number of rotatable bonds is 5. The lowest BCUT2D eigenvalue weighted by molar-refractivity contribution is -0.143. The number of esters is 1. The maximum atomic E-state index is 14.6. The fraction of sp³-hybridized carbons (Fsp3) is 0.350. The van der Waals surface area contributed by atoms with Crippen LogP contribution < -0.4 is 5.73 Å². The summed E-state index contributed by atoms with van der Waals surface area (Å²) in [6.45, 7) is 2.61. The Morgan fingerprint density at radius 2 is 1.69 bits per heavy atom. The lowest BCUT2D eigenvalue weighted by Gasteiger charge is -2.20. The van der Waals surface area contributed by atoms with Crippen molar-refractivity contribution in [2.75, 3.05) is 6.61 Å². The van der Waals surface area contributed by atoms with E-state index in [0.29, 0.717) is 18.2 Å². The van der Waals surface area contributed by atoms with Crippen molar-refractivity contribution in [1.29, 1.82) is 0 Å². The van der Waals surface area contributed by atoms with Crippen molar-refractivity contribution in [2.45, 2.75) is 38.7 Å². The van der Waals surface area contributed by atoms with E-state index in [1.165, 1.54) is 6.92 Å². The van der Waals surface area contributed by atoms with Gasteiger partial charge < -0.3 is 15.6 Å². The first-order valence-electron chi connectivity index (χ1n) is 8.89. The van der Waals surface area contributed by atoms with E-state index >= 15 is 0 Å². The molecule has 0 saturated carbocycles. The number of hydrogen-bond acceptors (Lipinski definition) is 4. The molecule has 2 aromatic carbocycles. The summed E-state index contributed by atoms with van der Waals surface area (Å²) >= 11 is 0. The van der Waals surface area contributed by atoms with E-state index in [-0.39, 0.29) is 30.1 Å². The second-order valence-corrected chi connectivity index (χ2v) is 6.73. The summed E-state index contributed by atoms with van der Waals surface area (Å²) in [5.41, 5.74) is 1.12. The molecule has 0 fully saturated rings. The number of phenolic OH excluding ortho intramolecular Hbond substituents is 1. The van der Waals surface area contributed by atoms with Gasteiger partial charge in [0.25, 0.3) is 0 Å². The van der Waals surface area contributed by atoms with Gasteiger partial charge in [-0.25, -0.2) is 4.39 Å². The molecule has 4 nitrogen and oxygen atoms in total. The van der Waals surface area contributed by atoms with E-state index in [1.807, 2.05) is 0 Å². The highest BCUT2D eigenvalue weighted by Gasteiger charge is 2.37. The van der Waals surface area contributed by atoms with Gasteiger partial charge in [-0.2, -0.15) is 26.3 Å². The summed E-state index contributed by atoms with van der Waals surface area (Å²) in [5, 5.41) is 10.1. The first kappa shape index (κ1) is 27.5. The highest BCUT2D eigenvalue weighted by molar-refractivity contribution is 5.85. The van der Waals surface area contributed by atoms with Crippen LogP contribution in [0.1, 0.15) is 41.6 Å². The van der Waals surface area contributed by atoms with E-state index in [1.54, 1.807) is 0 Å². The predicted octanol–water partition coefficient (Wildman–Crippen LogP) is 5.92. The Balaban J connectivity index is 0.00000512. The van der Waals surface area contributed by atoms with Gasteiger partial charge in [0.15, 0.2) is 0 Å². The summed E-state index contributed by atoms with van der Waals surface area (Å²) in [7, 11) is 0. The maximum absolute atomic E-state index is 14.6. The zero-order valence-corrected chi connectivity index (χ0v) is 17.5. The molecule has 0 aromatic heterocycles. The van der Waals surface area contributed by atoms with Gasteiger partial charge in [0, 0.05) is 17.2 Å². The highest BCUT2D eigenvalue weighted by atomic mass is 35.5. The third-order valence-electron chi connectivity index (χ3n) is 4.43. The van der Waals surface area contributed by atoms with Gasteiger partial charge in [0.1, 0.15) is 11.6 Å². The molecule has 0 aliphatic carbocycles. The third kappa shape index (κ3) is 6.04. The number of ether oxygens (including phenoxy) is 1. The molecule has 12 heteroatoms. The van der Waals surface area contributed by atoms with Crippen LogP contribution in [0, 0.1) is 12.7 Å². The molecule has 0 radical (unpaired) electrons. The maximum Gasteiger partial charge on any atom is 0.419 e. The normalized spacial score (nSPS) is 12.8. The van der Waals surface area contributed by atoms with Crippen molar-refractivity contribution >= 4 is 18.4 Å². The summed E-state index contributed by atoms with van der Waals surface area (Å²) in [6, 6.07) is 0.702. The summed E-state index contributed by atoms with van der Waals surface area (Å²) in [6.07, 6.45) is -10.6. The molecule has 0 bridgehead atoms. The number of aromatic hydroxyl groups is 1. The van der Waals surface area contributed by atoms with Gasteiger partial charge in [-0.15, -0.1) is 12.4 Å². The zero-order valence-electron chi connectivity index (χ0n) is 16.7. The van der Waals surface area contributed by atoms with Crippen molar-refractivity contribution < 1.29 is 45.4 Å². The zero-order chi connectivity index (χ0) is 23.7. The second-order valence-electron chi connectivity index (χ2n) is 6.73. The number of phenols is 1. The molecule has 0 unspecified atom stereocenters. The van der Waals surface area contributed by atoms with Crippen molar-refractivity contribution in [3.8, 4) is 16.9 Å². The van der Waals surface area contributed by atoms with Gasteiger partial charge in [-0.3, -0.25) is 4.79 Å². The highest BCUT2D eigenvalue weighted by Crippen LogP contribution is 2.43. The van der Waals surface area contributed by atoms with Gasteiger partial charge in [-0.05, 0) is 49.2 Å². The molecule has 32 heavy (non-hydrogen) atoms. The quantitative estimate of drug-likeness (QED) is 0.404. The fourth-order valence-corrected chi connectivity index (χ4v) is 3.08. The van der Waals surface area contributed by atoms with Crippen LogP contribution in [0.25, 0.3) is 11.1 Å². The van der Waals surface area contributed by atoms with E-state index in [9.17, 15) is 40.6 Å². The molecule has 0 amide bonds. The number of carbonyl (C=O) groups is 1. The van der Waals surface area contributed by atoms with E-state index in [0.717, 1.165) is 13.0 Å². The Kier molecular flexibility index (Phi) is 8.55. The van der Waals surface area contributed by atoms with Crippen LogP contribution in [-0.2, 0) is 21.9 Å². The minimum absolute atomic E-state index is 0. The number of hydrogen-bond donors (Lipinski definition) is 2. The Morgan fingerprint density at radius 1 is 1.09 bits per heavy atom. The molecule has 1 atom stereocenters. The monoisotopic (exact) mass is 489 g/mol. The largest absolute Gasteiger partial charge is 0.507 e. The number of carbonyl (C=O) groups excluding carboxylic acids is 1. The van der Waals surface area contributed by atoms with Gasteiger partial charge >= 0.3 is 18.3 Å². The smallest absolute Gasteiger partial charge is 0.419 e. The van der Waals surface area contributed by atoms with Crippen LogP contribution in [0.5, 0.6) is 5.75 Å². The Labute approximate surface area is 184 Å². The standard InChI is InChI=1S/C20H18F7NO3.ClH/c1-3-31-16(30)8-14(28)12-5-10(6-13(18(12)21)20(25,26)27)17-9(2)4-11(7-15(17)29)19(22,23)24;/h4-7,14,29H,3,8,28H2,1-2H3;1H/t14-;/m0./s1. The number of halogens is 8. The van der Waals surface area contributed by atoms with Gasteiger partial charge in [0.05, 0.1) is 24.2 Å². The third-order valence-corrected chi connectivity index (χ3v) is 4.43. The molecule has 0 aliphatic heterocycles. The molecular weight excluding hydrogens is 471 g/mol. The molecule has 0 saturated heterocycles. The molecule has 178 valence electrons. The minimum Gasteiger partial charge on any atom is -0.507 e. The van der Waals surface area contributed by atoms with Crippen LogP contribution in [-0.4, -0.2) is 17.7 Å². The number of nitrogens with two attached hydrogens (primary N) is 1. The summed E-state index contributed by atoms with van der Waals surface area (Å²) in [5.74, 6) is -3.55. The molecule has 2 aromatic rings. The number of benzene rings is 2. The SMILES string of the molecule is CCOC(=O)C[C@H](N)c1cc(-c2c(C)cc(C(F)(F)F)cc2O)cc(C(F)(F)F)c1F.Cl. The van der Waals surface area contributed by atoms with Gasteiger partial charge in [-0.1, -0.05) is 0 Å². The first-order valence-corrected chi connectivity index (χ1v) is 8.89. The van der Waals surface area contributed by atoms with E-state index in [2.05, 4.69) is 4.74 Å². The van der Waals surface area contributed by atoms with E-state index in [4.69, 9.17) is 5.73 Å². The Morgan fingerprint density at radius 3 is 2.16 bits per heavy atom. The summed E-state index contributed by atoms with van der Waals surface area (Å²) < 4.78 is 98.3. The topological polar surface area (TPSA) is 72.5 Å². The second kappa shape index (κ2) is 9.95. The first-order chi connectivity index (χ1) is 14.2. The Hall–Kier alpha value is -2.53. The average molecular weight is 490 g/mol. The average Bonchev–Trinajstić information content (AvgIpc) is 2.60. The molecule has 2 rings (SSSR count). The lowest BCUT2D eigenvalue weighted by atomic mass is 9.91. The molecule has 0 heterocycles. The number of alkyl halides is 6. The van der Waals surface area contributed by atoms with Crippen LogP contribution in [0.4, 0.5) is 30.7 Å². The minimum atomic E-state index is -5.17. The summed E-state index contributed by atoms with van der Waals surface area (Å²) in [4.78, 5) is 11.6. The number of aryl methyl sites for hydroxylation is 1. The van der Waals surface area contributed by atoms with Crippen LogP contribution >= 0.6 is 12.4 Å². The van der Waals surface area contributed by atoms with Gasteiger partial charge in [0.2, 0.25) is 0 Å². The van der Waals surface area contributed by atoms with E-state index < -0.39 is 64.6 Å². The molecule has 0 spiro atoms.